The van der Waals surface area contributed by atoms with Crippen LogP contribution in [-0.2, 0) is 0 Å². The van der Waals surface area contributed by atoms with Gasteiger partial charge in [-0.05, 0) is 25.0 Å². The van der Waals surface area contributed by atoms with Crippen LogP contribution in [0, 0.1) is 11.2 Å². The van der Waals surface area contributed by atoms with Crippen molar-refractivity contribution in [2.75, 3.05) is 6.61 Å². The van der Waals surface area contributed by atoms with Crippen LogP contribution in [-0.4, -0.2) is 17.6 Å². The van der Waals surface area contributed by atoms with Crippen LogP contribution < -0.4 is 10.5 Å². The topological polar surface area (TPSA) is 67.8 Å². The van der Waals surface area contributed by atoms with E-state index in [4.69, 9.17) is 15.7 Å². The number of hydrogen-bond acceptors (Lipinski definition) is 3. The number of halogens is 2. The van der Waals surface area contributed by atoms with E-state index in [0.29, 0.717) is 23.2 Å². The predicted molar refractivity (Wildman–Crippen MR) is 69.3 cm³/mol. The van der Waals surface area contributed by atoms with Crippen molar-refractivity contribution in [1.82, 2.24) is 0 Å². The van der Waals surface area contributed by atoms with Gasteiger partial charge in [0.05, 0.1) is 6.61 Å². The van der Waals surface area contributed by atoms with Crippen molar-refractivity contribution >= 4 is 21.8 Å². The van der Waals surface area contributed by atoms with Gasteiger partial charge in [-0.2, -0.15) is 0 Å². The zero-order valence-corrected chi connectivity index (χ0v) is 11.3. The molecule has 6 heteroatoms. The molecule has 0 unspecified atom stereocenters. The third-order valence-electron chi connectivity index (χ3n) is 3.02. The summed E-state index contributed by atoms with van der Waals surface area (Å²) in [6.45, 7) is 0.444. The Morgan fingerprint density at radius 2 is 2.22 bits per heavy atom. The van der Waals surface area contributed by atoms with Crippen molar-refractivity contribution in [2.24, 2.45) is 16.3 Å². The Hall–Kier alpha value is -1.30. The van der Waals surface area contributed by atoms with Crippen LogP contribution in [0.5, 0.6) is 5.75 Å². The maximum Gasteiger partial charge on any atom is 0.139 e. The molecular weight excluding hydrogens is 303 g/mol. The van der Waals surface area contributed by atoms with Crippen molar-refractivity contribution in [1.29, 1.82) is 0 Å². The van der Waals surface area contributed by atoms with Gasteiger partial charge < -0.3 is 15.7 Å². The van der Waals surface area contributed by atoms with Crippen LogP contribution in [0.3, 0.4) is 0 Å². The van der Waals surface area contributed by atoms with Crippen LogP contribution in [0.2, 0.25) is 0 Å². The lowest BCUT2D eigenvalue weighted by Crippen LogP contribution is -2.22. The van der Waals surface area contributed by atoms with Gasteiger partial charge in [0.25, 0.3) is 0 Å². The van der Waals surface area contributed by atoms with Crippen molar-refractivity contribution in [3.8, 4) is 5.75 Å². The SMILES string of the molecule is N/C(CC1(COc2cc(F)cc(Br)c2)CC1)=N/O. The van der Waals surface area contributed by atoms with E-state index >= 15 is 0 Å². The normalized spacial score (nSPS) is 17.6. The number of amidine groups is 1. The summed E-state index contributed by atoms with van der Waals surface area (Å²) in [7, 11) is 0. The van der Waals surface area contributed by atoms with Crippen LogP contribution in [0.15, 0.2) is 27.8 Å². The zero-order valence-electron chi connectivity index (χ0n) is 9.70. The lowest BCUT2D eigenvalue weighted by molar-refractivity contribution is 0.235. The fourth-order valence-corrected chi connectivity index (χ4v) is 2.26. The van der Waals surface area contributed by atoms with Crippen LogP contribution in [0.4, 0.5) is 4.39 Å². The molecule has 0 bridgehead atoms. The van der Waals surface area contributed by atoms with Crippen molar-refractivity contribution in [3.63, 3.8) is 0 Å². The van der Waals surface area contributed by atoms with Crippen LogP contribution in [0.25, 0.3) is 0 Å². The molecule has 0 saturated heterocycles. The van der Waals surface area contributed by atoms with E-state index < -0.39 is 0 Å². The van der Waals surface area contributed by atoms with Gasteiger partial charge in [-0.25, -0.2) is 4.39 Å². The van der Waals surface area contributed by atoms with E-state index in [1.807, 2.05) is 0 Å². The fourth-order valence-electron chi connectivity index (χ4n) is 1.82. The molecule has 1 aromatic carbocycles. The number of nitrogens with two attached hydrogens (primary N) is 1. The Labute approximate surface area is 113 Å². The first kappa shape index (κ1) is 13.1. The molecule has 18 heavy (non-hydrogen) atoms. The molecular formula is C12H14BrFN2O2. The molecule has 2 rings (SSSR count). The fraction of sp³-hybridized carbons (Fsp3) is 0.417. The lowest BCUT2D eigenvalue weighted by Gasteiger charge is -2.15. The van der Waals surface area contributed by atoms with E-state index in [-0.39, 0.29) is 17.1 Å². The molecule has 1 aliphatic rings. The highest BCUT2D eigenvalue weighted by atomic mass is 79.9. The Bertz CT molecular complexity index is 455. The minimum absolute atomic E-state index is 0.0604. The second-order valence-corrected chi connectivity index (χ2v) is 5.58. The van der Waals surface area contributed by atoms with Crippen molar-refractivity contribution < 1.29 is 14.3 Å². The maximum absolute atomic E-state index is 13.1. The van der Waals surface area contributed by atoms with Gasteiger partial charge in [0.2, 0.25) is 0 Å². The van der Waals surface area contributed by atoms with Gasteiger partial charge in [-0.3, -0.25) is 0 Å². The standard InChI is InChI=1S/C12H14BrFN2O2/c13-8-3-9(14)5-10(4-8)18-7-12(1-2-12)6-11(15)16-17/h3-5,17H,1-2,6-7H2,(H2,15,16). The van der Waals surface area contributed by atoms with E-state index in [9.17, 15) is 4.39 Å². The summed E-state index contributed by atoms with van der Waals surface area (Å²) in [5, 5.41) is 11.5. The van der Waals surface area contributed by atoms with Crippen LogP contribution >= 0.6 is 15.9 Å². The molecule has 0 aliphatic heterocycles. The van der Waals surface area contributed by atoms with Crippen molar-refractivity contribution in [3.05, 3.63) is 28.5 Å². The van der Waals surface area contributed by atoms with Crippen LogP contribution in [0.1, 0.15) is 19.3 Å². The Morgan fingerprint density at radius 1 is 1.50 bits per heavy atom. The van der Waals surface area contributed by atoms with E-state index in [0.717, 1.165) is 12.8 Å². The molecule has 1 aromatic rings. The summed E-state index contributed by atoms with van der Waals surface area (Å²) in [4.78, 5) is 0. The third-order valence-corrected chi connectivity index (χ3v) is 3.48. The lowest BCUT2D eigenvalue weighted by atomic mass is 10.0. The first-order valence-electron chi connectivity index (χ1n) is 5.58. The quantitative estimate of drug-likeness (QED) is 0.380. The van der Waals surface area contributed by atoms with E-state index in [2.05, 4.69) is 21.1 Å². The average Bonchev–Trinajstić information content (AvgIpc) is 3.05. The number of rotatable bonds is 5. The molecule has 0 radical (unpaired) electrons. The van der Waals surface area contributed by atoms with Gasteiger partial charge in [0, 0.05) is 22.4 Å². The Kier molecular flexibility index (Phi) is 3.75. The predicted octanol–water partition coefficient (Wildman–Crippen LogP) is 2.88. The monoisotopic (exact) mass is 316 g/mol. The minimum Gasteiger partial charge on any atom is -0.493 e. The Balaban J connectivity index is 1.95. The maximum atomic E-state index is 13.1. The molecule has 0 heterocycles. The largest absolute Gasteiger partial charge is 0.493 e. The van der Waals surface area contributed by atoms with E-state index in [1.165, 1.54) is 12.1 Å². The second-order valence-electron chi connectivity index (χ2n) is 4.66. The van der Waals surface area contributed by atoms with Gasteiger partial charge in [0.1, 0.15) is 17.4 Å². The summed E-state index contributed by atoms with van der Waals surface area (Å²) in [5.41, 5.74) is 5.43. The highest BCUT2D eigenvalue weighted by Crippen LogP contribution is 2.49. The number of hydrogen-bond donors (Lipinski definition) is 2. The zero-order chi connectivity index (χ0) is 13.2. The summed E-state index contributed by atoms with van der Waals surface area (Å²) in [6.07, 6.45) is 2.44. The minimum atomic E-state index is -0.347. The van der Waals surface area contributed by atoms with E-state index in [1.54, 1.807) is 6.07 Å². The second kappa shape index (κ2) is 5.14. The van der Waals surface area contributed by atoms with Gasteiger partial charge in [-0.15, -0.1) is 0 Å². The molecule has 98 valence electrons. The Morgan fingerprint density at radius 3 is 2.78 bits per heavy atom. The summed E-state index contributed by atoms with van der Waals surface area (Å²) >= 11 is 3.21. The molecule has 0 aromatic heterocycles. The molecule has 4 nitrogen and oxygen atoms in total. The molecule has 0 spiro atoms. The van der Waals surface area contributed by atoms with Gasteiger partial charge >= 0.3 is 0 Å². The average molecular weight is 317 g/mol. The molecule has 0 atom stereocenters. The number of benzene rings is 1. The number of oxime groups is 1. The summed E-state index contributed by atoms with van der Waals surface area (Å²) in [6, 6.07) is 4.42. The van der Waals surface area contributed by atoms with Crippen molar-refractivity contribution in [2.45, 2.75) is 19.3 Å². The molecule has 0 amide bonds. The van der Waals surface area contributed by atoms with Gasteiger partial charge in [0.15, 0.2) is 0 Å². The highest BCUT2D eigenvalue weighted by molar-refractivity contribution is 9.10. The smallest absolute Gasteiger partial charge is 0.139 e. The molecule has 1 aliphatic carbocycles. The molecule has 1 saturated carbocycles. The third kappa shape index (κ3) is 3.35. The highest BCUT2D eigenvalue weighted by Gasteiger charge is 2.44. The molecule has 3 N–H and O–H groups in total. The first-order chi connectivity index (χ1) is 8.53. The first-order valence-corrected chi connectivity index (χ1v) is 6.38. The summed E-state index contributed by atoms with van der Waals surface area (Å²) in [5.74, 6) is 0.338. The summed E-state index contributed by atoms with van der Waals surface area (Å²) < 4.78 is 19.4. The van der Waals surface area contributed by atoms with Gasteiger partial charge in [-0.1, -0.05) is 21.1 Å². The molecule has 1 fully saturated rings. The number of nitrogens with zero attached hydrogens (tertiary/aromatic N) is 1. The number of ether oxygens (including phenoxy) is 1.